The molecule has 0 radical (unpaired) electrons. The van der Waals surface area contributed by atoms with Crippen molar-refractivity contribution in [3.8, 4) is 11.5 Å². The van der Waals surface area contributed by atoms with E-state index in [1.807, 2.05) is 6.92 Å². The summed E-state index contributed by atoms with van der Waals surface area (Å²) in [5.41, 5.74) is 0.157. The molecular formula is C19H22F3IN4O3. The monoisotopic (exact) mass is 538 g/mol. The van der Waals surface area contributed by atoms with Crippen molar-refractivity contribution in [1.29, 1.82) is 0 Å². The third-order valence-corrected chi connectivity index (χ3v) is 3.68. The number of hydrogen-bond acceptors (Lipinski definition) is 4. The Morgan fingerprint density at radius 1 is 1.07 bits per heavy atom. The molecule has 11 heteroatoms. The second-order valence-electron chi connectivity index (χ2n) is 5.62. The number of halogens is 4. The third-order valence-electron chi connectivity index (χ3n) is 3.68. The summed E-state index contributed by atoms with van der Waals surface area (Å²) >= 11 is 0. The minimum Gasteiger partial charge on any atom is -0.493 e. The summed E-state index contributed by atoms with van der Waals surface area (Å²) in [5, 5.41) is 7.85. The van der Waals surface area contributed by atoms with Crippen molar-refractivity contribution in [2.45, 2.75) is 6.92 Å². The van der Waals surface area contributed by atoms with E-state index in [0.29, 0.717) is 23.8 Å². The Balaban J connectivity index is 0.00000450. The Morgan fingerprint density at radius 3 is 2.43 bits per heavy atom. The lowest BCUT2D eigenvalue weighted by atomic mass is 10.2. The molecule has 2 aromatic carbocycles. The van der Waals surface area contributed by atoms with E-state index < -0.39 is 29.0 Å². The van der Waals surface area contributed by atoms with Gasteiger partial charge in [0.2, 0.25) is 5.91 Å². The van der Waals surface area contributed by atoms with Gasteiger partial charge in [-0.25, -0.2) is 13.2 Å². The molecule has 7 nitrogen and oxygen atoms in total. The van der Waals surface area contributed by atoms with Crippen molar-refractivity contribution in [2.24, 2.45) is 4.99 Å². The van der Waals surface area contributed by atoms with Crippen LogP contribution < -0.4 is 25.4 Å². The van der Waals surface area contributed by atoms with Crippen LogP contribution >= 0.6 is 24.0 Å². The van der Waals surface area contributed by atoms with Crippen molar-refractivity contribution in [2.75, 3.05) is 37.9 Å². The second kappa shape index (κ2) is 12.1. The fraction of sp³-hybridized carbons (Fsp3) is 0.263. The van der Waals surface area contributed by atoms with Crippen LogP contribution in [0.5, 0.6) is 11.5 Å². The molecule has 3 N–H and O–H groups in total. The van der Waals surface area contributed by atoms with Crippen molar-refractivity contribution in [1.82, 2.24) is 5.32 Å². The largest absolute Gasteiger partial charge is 0.493 e. The van der Waals surface area contributed by atoms with Gasteiger partial charge in [0.25, 0.3) is 0 Å². The Labute approximate surface area is 189 Å². The van der Waals surface area contributed by atoms with Gasteiger partial charge in [0, 0.05) is 18.8 Å². The molecule has 0 aliphatic heterocycles. The van der Waals surface area contributed by atoms with Gasteiger partial charge in [-0.05, 0) is 31.2 Å². The summed E-state index contributed by atoms with van der Waals surface area (Å²) in [5.74, 6) is -3.80. The topological polar surface area (TPSA) is 84.0 Å². The number of hydrogen-bond donors (Lipinski definition) is 3. The lowest BCUT2D eigenvalue weighted by Gasteiger charge is -2.15. The van der Waals surface area contributed by atoms with Gasteiger partial charge in [-0.3, -0.25) is 9.79 Å². The maximum absolute atomic E-state index is 13.6. The van der Waals surface area contributed by atoms with Crippen LogP contribution in [0.3, 0.4) is 0 Å². The summed E-state index contributed by atoms with van der Waals surface area (Å²) in [7, 11) is 3.02. The number of nitrogens with zero attached hydrogens (tertiary/aromatic N) is 1. The highest BCUT2D eigenvalue weighted by molar-refractivity contribution is 14.0. The zero-order valence-electron chi connectivity index (χ0n) is 16.5. The zero-order valence-corrected chi connectivity index (χ0v) is 18.8. The number of carbonyl (C=O) groups is 1. The number of guanidine groups is 1. The van der Waals surface area contributed by atoms with Crippen LogP contribution in [-0.4, -0.2) is 39.2 Å². The summed E-state index contributed by atoms with van der Waals surface area (Å²) < 4.78 is 50.5. The molecule has 0 fully saturated rings. The number of amides is 1. The lowest BCUT2D eigenvalue weighted by Crippen LogP contribution is -2.37. The Morgan fingerprint density at radius 2 is 1.80 bits per heavy atom. The highest BCUT2D eigenvalue weighted by Crippen LogP contribution is 2.30. The third kappa shape index (κ3) is 6.68. The summed E-state index contributed by atoms with van der Waals surface area (Å²) in [6.07, 6.45) is 0. The molecule has 0 aliphatic carbocycles. The van der Waals surface area contributed by atoms with E-state index in [0.717, 1.165) is 12.1 Å². The predicted molar refractivity (Wildman–Crippen MR) is 120 cm³/mol. The van der Waals surface area contributed by atoms with Gasteiger partial charge in [0.1, 0.15) is 0 Å². The van der Waals surface area contributed by atoms with Gasteiger partial charge in [-0.1, -0.05) is 0 Å². The zero-order chi connectivity index (χ0) is 21.4. The van der Waals surface area contributed by atoms with Crippen LogP contribution in [0.25, 0.3) is 0 Å². The molecule has 164 valence electrons. The maximum Gasteiger partial charge on any atom is 0.243 e. The number of nitrogens with one attached hydrogen (secondary N) is 3. The summed E-state index contributed by atoms with van der Waals surface area (Å²) in [4.78, 5) is 16.0. The number of methoxy groups -OCH3 is 1. The first-order valence-corrected chi connectivity index (χ1v) is 8.61. The number of aliphatic imine (C=N–C) groups is 1. The van der Waals surface area contributed by atoms with E-state index in [-0.39, 0.29) is 36.5 Å². The quantitative estimate of drug-likeness (QED) is 0.217. The molecule has 0 unspecified atom stereocenters. The van der Waals surface area contributed by atoms with E-state index in [2.05, 4.69) is 20.9 Å². The minimum absolute atomic E-state index is 0. The average Bonchev–Trinajstić information content (AvgIpc) is 2.72. The van der Waals surface area contributed by atoms with Crippen LogP contribution in [-0.2, 0) is 4.79 Å². The van der Waals surface area contributed by atoms with Gasteiger partial charge in [-0.15, -0.1) is 24.0 Å². The van der Waals surface area contributed by atoms with E-state index >= 15 is 0 Å². The van der Waals surface area contributed by atoms with Crippen molar-refractivity contribution in [3.63, 3.8) is 0 Å². The minimum atomic E-state index is -1.65. The molecular weight excluding hydrogens is 516 g/mol. The molecule has 0 saturated heterocycles. The van der Waals surface area contributed by atoms with Crippen molar-refractivity contribution >= 4 is 47.2 Å². The smallest absolute Gasteiger partial charge is 0.243 e. The highest BCUT2D eigenvalue weighted by Gasteiger charge is 2.15. The van der Waals surface area contributed by atoms with Crippen LogP contribution in [0.2, 0.25) is 0 Å². The van der Waals surface area contributed by atoms with Crippen LogP contribution in [0, 0.1) is 17.5 Å². The molecule has 0 spiro atoms. The first-order valence-electron chi connectivity index (χ1n) is 8.61. The maximum atomic E-state index is 13.6. The Kier molecular flexibility index (Phi) is 10.2. The SMILES string of the molecule is CCOc1cc(NC(=NC)NCC(=O)Nc2ccc(F)c(F)c2F)ccc1OC.I. The molecule has 0 aromatic heterocycles. The Bertz CT molecular complexity index is 913. The number of carbonyl (C=O) groups excluding carboxylic acids is 1. The molecule has 2 rings (SSSR count). The lowest BCUT2D eigenvalue weighted by molar-refractivity contribution is -0.115. The Hall–Kier alpha value is -2.70. The molecule has 30 heavy (non-hydrogen) atoms. The van der Waals surface area contributed by atoms with Gasteiger partial charge in [0.05, 0.1) is 25.9 Å². The molecule has 0 saturated carbocycles. The van der Waals surface area contributed by atoms with Gasteiger partial charge >= 0.3 is 0 Å². The van der Waals surface area contributed by atoms with Gasteiger partial charge < -0.3 is 25.4 Å². The van der Waals surface area contributed by atoms with Crippen molar-refractivity contribution < 1.29 is 27.4 Å². The highest BCUT2D eigenvalue weighted by atomic mass is 127. The van der Waals surface area contributed by atoms with E-state index in [4.69, 9.17) is 9.47 Å². The first-order chi connectivity index (χ1) is 13.9. The molecule has 0 atom stereocenters. The summed E-state index contributed by atoms with van der Waals surface area (Å²) in [6.45, 7) is 1.99. The van der Waals surface area contributed by atoms with E-state index in [1.165, 1.54) is 14.2 Å². The number of benzene rings is 2. The van der Waals surface area contributed by atoms with Gasteiger partial charge in [0.15, 0.2) is 34.9 Å². The van der Waals surface area contributed by atoms with Crippen molar-refractivity contribution in [3.05, 3.63) is 47.8 Å². The average molecular weight is 538 g/mol. The van der Waals surface area contributed by atoms with Crippen LogP contribution in [0.4, 0.5) is 24.5 Å². The van der Waals surface area contributed by atoms with Crippen LogP contribution in [0.15, 0.2) is 35.3 Å². The first kappa shape index (κ1) is 25.3. The molecule has 0 heterocycles. The fourth-order valence-corrected chi connectivity index (χ4v) is 2.32. The van der Waals surface area contributed by atoms with E-state index in [1.54, 1.807) is 18.2 Å². The van der Waals surface area contributed by atoms with Crippen LogP contribution in [0.1, 0.15) is 6.92 Å². The second-order valence-corrected chi connectivity index (χ2v) is 5.62. The molecule has 0 aliphatic rings. The molecule has 2 aromatic rings. The standard InChI is InChI=1S/C19H21F3N4O3.HI/c1-4-29-15-9-11(5-8-14(15)28-3)25-19(23-2)24-10-16(27)26-13-7-6-12(20)17(21)18(13)22;/h5-9H,4,10H2,1-3H3,(H,26,27)(H2,23,24,25);1H. The normalized spacial score (nSPS) is 10.7. The number of ether oxygens (including phenoxy) is 2. The summed E-state index contributed by atoms with van der Waals surface area (Å²) in [6, 6.07) is 6.79. The number of anilines is 2. The predicted octanol–water partition coefficient (Wildman–Crippen LogP) is 3.76. The van der Waals surface area contributed by atoms with E-state index in [9.17, 15) is 18.0 Å². The molecule has 0 bridgehead atoms. The molecule has 1 amide bonds. The number of rotatable bonds is 7. The fourth-order valence-electron chi connectivity index (χ4n) is 2.32. The van der Waals surface area contributed by atoms with Gasteiger partial charge in [-0.2, -0.15) is 0 Å².